The number of rotatable bonds is 4. The lowest BCUT2D eigenvalue weighted by atomic mass is 9.83. The van der Waals surface area contributed by atoms with Crippen LogP contribution in [0.4, 0.5) is 0 Å². The van der Waals surface area contributed by atoms with Gasteiger partial charge < -0.3 is 4.42 Å². The summed E-state index contributed by atoms with van der Waals surface area (Å²) < 4.78 is 84.9. The number of hydrogen-bond donors (Lipinski definition) is 0. The first-order valence-corrected chi connectivity index (χ1v) is 14.7. The van der Waals surface area contributed by atoms with Crippen molar-refractivity contribution in [2.45, 2.75) is 0 Å². The fraction of sp³-hybridized carbons (Fsp3) is 0. The molecule has 0 saturated carbocycles. The zero-order valence-corrected chi connectivity index (χ0v) is 23.9. The van der Waals surface area contributed by atoms with E-state index in [1.807, 2.05) is 84.9 Å². The maximum absolute atomic E-state index is 9.35. The Kier molecular flexibility index (Phi) is 4.15. The van der Waals surface area contributed by atoms with Crippen molar-refractivity contribution in [3.8, 4) is 44.5 Å². The fourth-order valence-electron chi connectivity index (χ4n) is 6.46. The van der Waals surface area contributed by atoms with Crippen LogP contribution in [0.1, 0.15) is 12.3 Å². The van der Waals surface area contributed by atoms with Crippen LogP contribution in [0.5, 0.6) is 0 Å². The number of hydrogen-bond acceptors (Lipinski definition) is 1. The molecular formula is C44H28O. The Labute approximate surface area is 274 Å². The first-order chi connectivity index (χ1) is 26.1. The summed E-state index contributed by atoms with van der Waals surface area (Å²) in [7, 11) is 0. The molecule has 210 valence electrons. The Hall–Kier alpha value is -5.92. The summed E-state index contributed by atoms with van der Waals surface area (Å²) in [5.74, 6) is 0. The molecule has 0 aliphatic carbocycles. The summed E-state index contributed by atoms with van der Waals surface area (Å²) in [4.78, 5) is 0. The van der Waals surface area contributed by atoms with Gasteiger partial charge in [0.15, 0.2) is 0 Å². The van der Waals surface area contributed by atoms with E-state index in [0.717, 1.165) is 55.0 Å². The molecule has 0 bridgehead atoms. The molecule has 1 heteroatoms. The van der Waals surface area contributed by atoms with Crippen molar-refractivity contribution in [2.75, 3.05) is 0 Å². The van der Waals surface area contributed by atoms with Crippen LogP contribution in [0.25, 0.3) is 88.0 Å². The molecule has 1 aromatic heterocycles. The van der Waals surface area contributed by atoms with Gasteiger partial charge >= 0.3 is 0 Å². The van der Waals surface area contributed by atoms with Gasteiger partial charge in [-0.3, -0.25) is 0 Å². The van der Waals surface area contributed by atoms with Gasteiger partial charge in [0.05, 0.1) is 12.3 Å². The summed E-state index contributed by atoms with van der Waals surface area (Å²) in [6.45, 7) is 0. The summed E-state index contributed by atoms with van der Waals surface area (Å²) in [6.07, 6.45) is 0. The number of furan rings is 1. The second kappa shape index (κ2) is 10.4. The van der Waals surface area contributed by atoms with Gasteiger partial charge in [0.25, 0.3) is 0 Å². The van der Waals surface area contributed by atoms with Gasteiger partial charge in [0.2, 0.25) is 0 Å². The predicted molar refractivity (Wildman–Crippen MR) is 190 cm³/mol. The van der Waals surface area contributed by atoms with Gasteiger partial charge in [-0.15, -0.1) is 0 Å². The minimum atomic E-state index is -0.616. The Bertz CT molecular complexity index is 2930. The molecule has 0 radical (unpaired) electrons. The number of benzene rings is 8. The Morgan fingerprint density at radius 3 is 1.56 bits per heavy atom. The van der Waals surface area contributed by atoms with Crippen molar-refractivity contribution in [3.05, 3.63) is 170 Å². The second-order valence-electron chi connectivity index (χ2n) is 10.9. The largest absolute Gasteiger partial charge is 0.456 e. The zero-order valence-electron chi connectivity index (χ0n) is 32.9. The third kappa shape index (κ3) is 4.17. The average Bonchev–Trinajstić information content (AvgIpc) is 3.57. The number of fused-ring (bicyclic) bond motifs is 5. The van der Waals surface area contributed by atoms with Crippen molar-refractivity contribution in [2.24, 2.45) is 0 Å². The number of para-hydroxylation sites is 1. The van der Waals surface area contributed by atoms with Crippen LogP contribution in [0.15, 0.2) is 174 Å². The Balaban J connectivity index is 1.40. The molecule has 9 rings (SSSR count). The average molecular weight is 582 g/mol. The minimum Gasteiger partial charge on any atom is -0.456 e. The smallest absolute Gasteiger partial charge is 0.136 e. The van der Waals surface area contributed by atoms with Gasteiger partial charge in [0.1, 0.15) is 11.2 Å². The molecule has 0 aliphatic rings. The van der Waals surface area contributed by atoms with E-state index >= 15 is 0 Å². The van der Waals surface area contributed by atoms with E-state index in [0.29, 0.717) is 16.3 Å². The topological polar surface area (TPSA) is 13.1 Å². The van der Waals surface area contributed by atoms with E-state index in [1.165, 1.54) is 0 Å². The summed E-state index contributed by atoms with van der Waals surface area (Å²) in [6, 6.07) is 33.0. The molecule has 0 amide bonds. The third-order valence-electron chi connectivity index (χ3n) is 8.43. The van der Waals surface area contributed by atoms with Gasteiger partial charge in [-0.1, -0.05) is 151 Å². The lowest BCUT2D eigenvalue weighted by Gasteiger charge is -2.20. The van der Waals surface area contributed by atoms with Crippen LogP contribution in [0, 0.1) is 0 Å². The molecule has 0 N–H and O–H groups in total. The maximum Gasteiger partial charge on any atom is 0.136 e. The maximum atomic E-state index is 9.35. The lowest BCUT2D eigenvalue weighted by molar-refractivity contribution is 0.669. The highest BCUT2D eigenvalue weighted by Crippen LogP contribution is 2.48. The summed E-state index contributed by atoms with van der Waals surface area (Å²) >= 11 is 0. The molecular weight excluding hydrogens is 544 g/mol. The van der Waals surface area contributed by atoms with E-state index in [9.17, 15) is 2.74 Å². The molecule has 0 aliphatic heterocycles. The molecule has 0 unspecified atom stereocenters. The molecule has 1 nitrogen and oxygen atoms in total. The predicted octanol–water partition coefficient (Wildman–Crippen LogP) is 12.6. The van der Waals surface area contributed by atoms with Crippen molar-refractivity contribution >= 4 is 43.5 Å². The van der Waals surface area contributed by atoms with Crippen molar-refractivity contribution in [1.82, 2.24) is 0 Å². The molecule has 0 spiro atoms. The summed E-state index contributed by atoms with van der Waals surface area (Å²) in [5.41, 5.74) is 5.18. The molecule has 8 aromatic carbocycles. The van der Waals surface area contributed by atoms with E-state index in [2.05, 4.69) is 30.3 Å². The molecule has 0 saturated heterocycles. The van der Waals surface area contributed by atoms with Crippen LogP contribution < -0.4 is 0 Å². The molecule has 45 heavy (non-hydrogen) atoms. The van der Waals surface area contributed by atoms with Crippen LogP contribution in [0.3, 0.4) is 0 Å². The monoisotopic (exact) mass is 581 g/mol. The van der Waals surface area contributed by atoms with Gasteiger partial charge in [-0.05, 0) is 84.3 Å². The Morgan fingerprint density at radius 1 is 0.356 bits per heavy atom. The SMILES string of the molecule is [2H]c1c([2H])c([2H])c(-c2c([2H])c([2H])c(-c3c4ccccc4c(-c4cc5oc6ccccc6c5cc4-c4ccccc4)c4ccccc34)c([2H])c2[2H])c([2H])c1[2H]. The van der Waals surface area contributed by atoms with Gasteiger partial charge in [0, 0.05) is 10.8 Å². The molecule has 1 heterocycles. The van der Waals surface area contributed by atoms with E-state index in [1.54, 1.807) is 0 Å². The fourth-order valence-corrected chi connectivity index (χ4v) is 6.46. The van der Waals surface area contributed by atoms with Crippen LogP contribution >= 0.6 is 0 Å². The quantitative estimate of drug-likeness (QED) is 0.188. The Morgan fingerprint density at radius 2 is 0.889 bits per heavy atom. The van der Waals surface area contributed by atoms with Gasteiger partial charge in [-0.25, -0.2) is 0 Å². The molecule has 0 fully saturated rings. The summed E-state index contributed by atoms with van der Waals surface area (Å²) in [5, 5.41) is 5.05. The van der Waals surface area contributed by atoms with Crippen molar-refractivity contribution in [1.29, 1.82) is 0 Å². The van der Waals surface area contributed by atoms with Crippen LogP contribution in [0.2, 0.25) is 0 Å². The molecule has 9 aromatic rings. The third-order valence-corrected chi connectivity index (χ3v) is 8.43. The highest BCUT2D eigenvalue weighted by Gasteiger charge is 2.21. The second-order valence-corrected chi connectivity index (χ2v) is 10.9. The lowest BCUT2D eigenvalue weighted by Crippen LogP contribution is -1.93. The normalized spacial score (nSPS) is 14.4. The van der Waals surface area contributed by atoms with Crippen LogP contribution in [-0.2, 0) is 0 Å². The van der Waals surface area contributed by atoms with Crippen LogP contribution in [-0.4, -0.2) is 0 Å². The zero-order chi connectivity index (χ0) is 37.6. The minimum absolute atomic E-state index is 0.0519. The van der Waals surface area contributed by atoms with Gasteiger partial charge in [-0.2, -0.15) is 0 Å². The van der Waals surface area contributed by atoms with E-state index in [-0.39, 0.29) is 28.8 Å². The highest BCUT2D eigenvalue weighted by molar-refractivity contribution is 6.23. The van der Waals surface area contributed by atoms with Crippen molar-refractivity contribution in [3.63, 3.8) is 0 Å². The standard InChI is InChI=1S/C44H28O/c1-3-13-29(14-4-1)30-23-25-32(26-24-30)43-34-18-7-9-20-36(34)44(37-21-10-8-19-35(37)43)40-28-42-39(33-17-11-12-22-41(33)45-42)27-38(40)31-15-5-2-6-16-31/h1-28H/i1D,3D,4D,13D,14D,23D,24D,25D,26D. The van der Waals surface area contributed by atoms with Crippen molar-refractivity contribution < 1.29 is 16.8 Å². The van der Waals surface area contributed by atoms with E-state index < -0.39 is 42.3 Å². The molecule has 0 atom stereocenters. The first kappa shape index (κ1) is 18.0. The highest BCUT2D eigenvalue weighted by atomic mass is 16.3. The first-order valence-electron chi connectivity index (χ1n) is 19.2. The van der Waals surface area contributed by atoms with E-state index in [4.69, 9.17) is 14.0 Å².